The molecule has 2 rings (SSSR count). The quantitative estimate of drug-likeness (QED) is 0.786. The number of carbonyl (C=O) groups is 2. The molecule has 1 aromatic heterocycles. The summed E-state index contributed by atoms with van der Waals surface area (Å²) in [4.78, 5) is 24.9. The SMILES string of the molecule is COC(=O)CCCN(C)C(=O)c1coc2ccccc12. The van der Waals surface area contributed by atoms with Crippen molar-refractivity contribution in [1.29, 1.82) is 0 Å². The maximum Gasteiger partial charge on any atom is 0.305 e. The van der Waals surface area contributed by atoms with Crippen LogP contribution in [0.3, 0.4) is 0 Å². The number of carbonyl (C=O) groups excluding carboxylic acids is 2. The summed E-state index contributed by atoms with van der Waals surface area (Å²) >= 11 is 0. The molecule has 106 valence electrons. The maximum absolute atomic E-state index is 12.3. The van der Waals surface area contributed by atoms with Crippen molar-refractivity contribution in [3.8, 4) is 0 Å². The molecule has 20 heavy (non-hydrogen) atoms. The van der Waals surface area contributed by atoms with E-state index in [4.69, 9.17) is 4.42 Å². The summed E-state index contributed by atoms with van der Waals surface area (Å²) in [5, 5.41) is 0.803. The number of esters is 1. The molecule has 0 aliphatic rings. The molecule has 1 amide bonds. The van der Waals surface area contributed by atoms with Gasteiger partial charge in [-0.05, 0) is 12.5 Å². The van der Waals surface area contributed by atoms with Crippen molar-refractivity contribution in [3.63, 3.8) is 0 Å². The molecule has 0 fully saturated rings. The fraction of sp³-hybridized carbons (Fsp3) is 0.333. The van der Waals surface area contributed by atoms with E-state index in [9.17, 15) is 9.59 Å². The van der Waals surface area contributed by atoms with Crippen molar-refractivity contribution in [1.82, 2.24) is 4.90 Å². The van der Waals surface area contributed by atoms with Crippen molar-refractivity contribution in [3.05, 3.63) is 36.1 Å². The summed E-state index contributed by atoms with van der Waals surface area (Å²) in [6.07, 6.45) is 2.36. The molecule has 0 saturated carbocycles. The number of rotatable bonds is 5. The molecule has 0 aliphatic carbocycles. The number of para-hydroxylation sites is 1. The van der Waals surface area contributed by atoms with Gasteiger partial charge in [-0.2, -0.15) is 0 Å². The van der Waals surface area contributed by atoms with E-state index in [1.54, 1.807) is 11.9 Å². The highest BCUT2D eigenvalue weighted by Gasteiger charge is 2.17. The van der Waals surface area contributed by atoms with Gasteiger partial charge in [0, 0.05) is 25.4 Å². The lowest BCUT2D eigenvalue weighted by Gasteiger charge is -2.15. The van der Waals surface area contributed by atoms with Crippen molar-refractivity contribution in [2.75, 3.05) is 20.7 Å². The van der Waals surface area contributed by atoms with Crippen LogP contribution in [-0.2, 0) is 9.53 Å². The Morgan fingerprint density at radius 1 is 1.30 bits per heavy atom. The Kier molecular flexibility index (Phi) is 4.40. The number of furan rings is 1. The van der Waals surface area contributed by atoms with Gasteiger partial charge in [0.1, 0.15) is 11.8 Å². The molecule has 1 aromatic carbocycles. The lowest BCUT2D eigenvalue weighted by molar-refractivity contribution is -0.140. The molecular weight excluding hydrogens is 258 g/mol. The summed E-state index contributed by atoms with van der Waals surface area (Å²) in [6.45, 7) is 0.493. The third-order valence-electron chi connectivity index (χ3n) is 3.16. The number of hydrogen-bond donors (Lipinski definition) is 0. The second-order valence-corrected chi connectivity index (χ2v) is 4.55. The van der Waals surface area contributed by atoms with Gasteiger partial charge in [-0.15, -0.1) is 0 Å². The van der Waals surface area contributed by atoms with E-state index in [1.165, 1.54) is 13.4 Å². The van der Waals surface area contributed by atoms with Gasteiger partial charge < -0.3 is 14.1 Å². The minimum atomic E-state index is -0.264. The molecule has 5 nitrogen and oxygen atoms in total. The highest BCUT2D eigenvalue weighted by molar-refractivity contribution is 6.05. The number of amides is 1. The first-order valence-electron chi connectivity index (χ1n) is 6.42. The van der Waals surface area contributed by atoms with Crippen molar-refractivity contribution < 1.29 is 18.7 Å². The van der Waals surface area contributed by atoms with E-state index in [1.807, 2.05) is 24.3 Å². The molecular formula is C15H17NO4. The van der Waals surface area contributed by atoms with Gasteiger partial charge in [0.05, 0.1) is 12.7 Å². The molecule has 0 aliphatic heterocycles. The van der Waals surface area contributed by atoms with Crippen LogP contribution in [0.2, 0.25) is 0 Å². The smallest absolute Gasteiger partial charge is 0.305 e. The molecule has 5 heteroatoms. The predicted molar refractivity (Wildman–Crippen MR) is 74.4 cm³/mol. The predicted octanol–water partition coefficient (Wildman–Crippen LogP) is 2.46. The minimum absolute atomic E-state index is 0.111. The van der Waals surface area contributed by atoms with E-state index in [0.717, 1.165) is 5.39 Å². The zero-order chi connectivity index (χ0) is 14.5. The Morgan fingerprint density at radius 2 is 2.05 bits per heavy atom. The Labute approximate surface area is 117 Å². The van der Waals surface area contributed by atoms with Gasteiger partial charge in [0.25, 0.3) is 5.91 Å². The van der Waals surface area contributed by atoms with Gasteiger partial charge in [-0.3, -0.25) is 9.59 Å². The standard InChI is InChI=1S/C15H17NO4/c1-16(9-5-8-14(17)19-2)15(18)12-10-20-13-7-4-3-6-11(12)13/h3-4,6-7,10H,5,8-9H2,1-2H3. The lowest BCUT2D eigenvalue weighted by atomic mass is 10.1. The van der Waals surface area contributed by atoms with E-state index in [-0.39, 0.29) is 11.9 Å². The average molecular weight is 275 g/mol. The van der Waals surface area contributed by atoms with E-state index in [0.29, 0.717) is 30.5 Å². The average Bonchev–Trinajstić information content (AvgIpc) is 2.90. The van der Waals surface area contributed by atoms with Crippen LogP contribution in [0.15, 0.2) is 34.9 Å². The number of fused-ring (bicyclic) bond motifs is 1. The summed E-state index contributed by atoms with van der Waals surface area (Å²) in [7, 11) is 3.07. The molecule has 0 saturated heterocycles. The fourth-order valence-electron chi connectivity index (χ4n) is 2.01. The minimum Gasteiger partial charge on any atom is -0.469 e. The zero-order valence-electron chi connectivity index (χ0n) is 11.6. The normalized spacial score (nSPS) is 10.5. The maximum atomic E-state index is 12.3. The molecule has 2 aromatic rings. The van der Waals surface area contributed by atoms with Gasteiger partial charge in [0.15, 0.2) is 0 Å². The van der Waals surface area contributed by atoms with Crippen LogP contribution in [0, 0.1) is 0 Å². The Balaban J connectivity index is 2.01. The second-order valence-electron chi connectivity index (χ2n) is 4.55. The first-order chi connectivity index (χ1) is 9.63. The van der Waals surface area contributed by atoms with Crippen molar-refractivity contribution in [2.24, 2.45) is 0 Å². The summed E-state index contributed by atoms with van der Waals surface area (Å²) in [5.41, 5.74) is 1.24. The highest BCUT2D eigenvalue weighted by atomic mass is 16.5. The third kappa shape index (κ3) is 2.99. The van der Waals surface area contributed by atoms with Gasteiger partial charge >= 0.3 is 5.97 Å². The van der Waals surface area contributed by atoms with Gasteiger partial charge in [-0.25, -0.2) is 0 Å². The van der Waals surface area contributed by atoms with Crippen molar-refractivity contribution in [2.45, 2.75) is 12.8 Å². The van der Waals surface area contributed by atoms with Gasteiger partial charge in [-0.1, -0.05) is 18.2 Å². The van der Waals surface area contributed by atoms with Crippen LogP contribution in [0.5, 0.6) is 0 Å². The number of hydrogen-bond acceptors (Lipinski definition) is 4. The van der Waals surface area contributed by atoms with Crippen LogP contribution in [0.25, 0.3) is 11.0 Å². The molecule has 0 atom stereocenters. The number of methoxy groups -OCH3 is 1. The van der Waals surface area contributed by atoms with Crippen molar-refractivity contribution >= 4 is 22.8 Å². The first-order valence-corrected chi connectivity index (χ1v) is 6.42. The number of benzene rings is 1. The third-order valence-corrected chi connectivity index (χ3v) is 3.16. The lowest BCUT2D eigenvalue weighted by Crippen LogP contribution is -2.28. The Morgan fingerprint density at radius 3 is 2.80 bits per heavy atom. The van der Waals surface area contributed by atoms with E-state index < -0.39 is 0 Å². The largest absolute Gasteiger partial charge is 0.469 e. The molecule has 0 N–H and O–H groups in total. The molecule has 0 unspecified atom stereocenters. The van der Waals surface area contributed by atoms with Gasteiger partial charge in [0.2, 0.25) is 0 Å². The first kappa shape index (κ1) is 14.1. The number of ether oxygens (including phenoxy) is 1. The zero-order valence-corrected chi connectivity index (χ0v) is 11.6. The van der Waals surface area contributed by atoms with E-state index in [2.05, 4.69) is 4.74 Å². The van der Waals surface area contributed by atoms with E-state index >= 15 is 0 Å². The summed E-state index contributed by atoms with van der Waals surface area (Å²) in [6, 6.07) is 7.41. The topological polar surface area (TPSA) is 59.8 Å². The highest BCUT2D eigenvalue weighted by Crippen LogP contribution is 2.21. The van der Waals surface area contributed by atoms with Crippen LogP contribution in [0.4, 0.5) is 0 Å². The number of nitrogens with zero attached hydrogens (tertiary/aromatic N) is 1. The van der Waals surface area contributed by atoms with Crippen LogP contribution < -0.4 is 0 Å². The monoisotopic (exact) mass is 275 g/mol. The Bertz CT molecular complexity index is 617. The van der Waals surface area contributed by atoms with Crippen LogP contribution in [0.1, 0.15) is 23.2 Å². The Hall–Kier alpha value is -2.30. The fourth-order valence-corrected chi connectivity index (χ4v) is 2.01. The molecule has 0 radical (unpaired) electrons. The summed E-state index contributed by atoms with van der Waals surface area (Å²) < 4.78 is 9.92. The van der Waals surface area contributed by atoms with Crippen LogP contribution in [-0.4, -0.2) is 37.5 Å². The van der Waals surface area contributed by atoms with Crippen LogP contribution >= 0.6 is 0 Å². The second kappa shape index (κ2) is 6.23. The summed E-state index contributed by atoms with van der Waals surface area (Å²) in [5.74, 6) is -0.376. The molecule has 0 spiro atoms. The molecule has 1 heterocycles. The molecule has 0 bridgehead atoms.